The number of para-hydroxylation sites is 3. The molecule has 0 radical (unpaired) electrons. The summed E-state index contributed by atoms with van der Waals surface area (Å²) in [5.74, 6) is -0.936. The lowest BCUT2D eigenvalue weighted by Crippen LogP contribution is -2.18. The molecule has 2 aromatic carbocycles. The van der Waals surface area contributed by atoms with E-state index in [-0.39, 0.29) is 13.0 Å². The van der Waals surface area contributed by atoms with Crippen molar-refractivity contribution < 1.29 is 14.3 Å². The first-order valence-electron chi connectivity index (χ1n) is 7.05. The molecule has 1 amide bonds. The number of esters is 1. The summed E-state index contributed by atoms with van der Waals surface area (Å²) in [6.45, 7) is 1.97. The number of benzene rings is 2. The van der Waals surface area contributed by atoms with Gasteiger partial charge in [0.15, 0.2) is 0 Å². The van der Waals surface area contributed by atoms with Gasteiger partial charge in [-0.25, -0.2) is 0 Å². The number of hydrogen-bond donors (Lipinski definition) is 2. The van der Waals surface area contributed by atoms with Crippen molar-refractivity contribution in [3.8, 4) is 0 Å². The largest absolute Gasteiger partial charge is 0.466 e. The van der Waals surface area contributed by atoms with Crippen molar-refractivity contribution in [3.05, 3.63) is 54.6 Å². The molecule has 0 aliphatic rings. The van der Waals surface area contributed by atoms with E-state index in [1.165, 1.54) is 0 Å². The number of rotatable bonds is 6. The van der Waals surface area contributed by atoms with E-state index in [9.17, 15) is 9.59 Å². The summed E-state index contributed by atoms with van der Waals surface area (Å²) in [7, 11) is 0. The Labute approximate surface area is 129 Å². The zero-order chi connectivity index (χ0) is 15.8. The van der Waals surface area contributed by atoms with Gasteiger partial charge in [0.25, 0.3) is 0 Å². The van der Waals surface area contributed by atoms with Crippen LogP contribution in [0.1, 0.15) is 13.3 Å². The molecule has 5 nitrogen and oxygen atoms in total. The summed E-state index contributed by atoms with van der Waals surface area (Å²) in [5.41, 5.74) is 2.28. The average Bonchev–Trinajstić information content (AvgIpc) is 2.50. The molecule has 0 bridgehead atoms. The molecule has 0 aromatic heterocycles. The SMILES string of the molecule is CCOC(=O)CC(=O)Nc1ccccc1Nc1ccccc1. The molecule has 0 atom stereocenters. The molecule has 0 spiro atoms. The standard InChI is InChI=1S/C17H18N2O3/c1-2-22-17(21)12-16(20)19-15-11-7-6-10-14(15)18-13-8-4-3-5-9-13/h3-11,18H,2,12H2,1H3,(H,19,20). The molecule has 2 rings (SSSR count). The summed E-state index contributed by atoms with van der Waals surface area (Å²) in [6.07, 6.45) is -0.298. The van der Waals surface area contributed by atoms with Crippen LogP contribution in [0.3, 0.4) is 0 Å². The zero-order valence-corrected chi connectivity index (χ0v) is 12.3. The molecule has 0 saturated heterocycles. The van der Waals surface area contributed by atoms with Crippen LogP contribution in [0.2, 0.25) is 0 Å². The second-order valence-electron chi connectivity index (χ2n) is 4.57. The first-order chi connectivity index (χ1) is 10.7. The number of nitrogens with one attached hydrogen (secondary N) is 2. The Balaban J connectivity index is 2.05. The molecule has 0 aliphatic carbocycles. The smallest absolute Gasteiger partial charge is 0.315 e. The lowest BCUT2D eigenvalue weighted by atomic mass is 10.2. The average molecular weight is 298 g/mol. The van der Waals surface area contributed by atoms with Crippen LogP contribution < -0.4 is 10.6 Å². The highest BCUT2D eigenvalue weighted by Gasteiger charge is 2.12. The fourth-order valence-electron chi connectivity index (χ4n) is 1.92. The summed E-state index contributed by atoms with van der Waals surface area (Å²) in [5, 5.41) is 5.94. The highest BCUT2D eigenvalue weighted by Crippen LogP contribution is 2.25. The number of ether oxygens (including phenoxy) is 1. The lowest BCUT2D eigenvalue weighted by molar-refractivity contribution is -0.145. The summed E-state index contributed by atoms with van der Waals surface area (Å²) in [6, 6.07) is 16.9. The van der Waals surface area contributed by atoms with Crippen LogP contribution in [-0.4, -0.2) is 18.5 Å². The molecule has 0 fully saturated rings. The first-order valence-corrected chi connectivity index (χ1v) is 7.05. The number of anilines is 3. The van der Waals surface area contributed by atoms with Crippen LogP contribution in [0.25, 0.3) is 0 Å². The molecule has 2 aromatic rings. The van der Waals surface area contributed by atoms with Gasteiger partial charge in [-0.05, 0) is 31.2 Å². The molecule has 0 saturated carbocycles. The van der Waals surface area contributed by atoms with Crippen LogP contribution in [0, 0.1) is 0 Å². The summed E-state index contributed by atoms with van der Waals surface area (Å²) in [4.78, 5) is 23.2. The maximum absolute atomic E-state index is 11.9. The van der Waals surface area contributed by atoms with E-state index in [2.05, 4.69) is 10.6 Å². The van der Waals surface area contributed by atoms with Crippen molar-refractivity contribution in [1.82, 2.24) is 0 Å². The topological polar surface area (TPSA) is 67.4 Å². The lowest BCUT2D eigenvalue weighted by Gasteiger charge is -2.13. The van der Waals surface area contributed by atoms with Gasteiger partial charge in [-0.2, -0.15) is 0 Å². The third kappa shape index (κ3) is 4.63. The maximum atomic E-state index is 11.9. The quantitative estimate of drug-likeness (QED) is 0.634. The fourth-order valence-corrected chi connectivity index (χ4v) is 1.92. The third-order valence-corrected chi connectivity index (χ3v) is 2.86. The highest BCUT2D eigenvalue weighted by atomic mass is 16.5. The van der Waals surface area contributed by atoms with Crippen LogP contribution in [0.4, 0.5) is 17.1 Å². The number of hydrogen-bond acceptors (Lipinski definition) is 4. The Morgan fingerprint density at radius 1 is 0.955 bits per heavy atom. The van der Waals surface area contributed by atoms with Gasteiger partial charge in [-0.3, -0.25) is 9.59 Å². The van der Waals surface area contributed by atoms with Crippen LogP contribution >= 0.6 is 0 Å². The molecule has 2 N–H and O–H groups in total. The van der Waals surface area contributed by atoms with Crippen LogP contribution in [0.5, 0.6) is 0 Å². The second kappa shape index (κ2) is 7.83. The maximum Gasteiger partial charge on any atom is 0.315 e. The van der Waals surface area contributed by atoms with E-state index < -0.39 is 11.9 Å². The second-order valence-corrected chi connectivity index (χ2v) is 4.57. The van der Waals surface area contributed by atoms with E-state index in [1.807, 2.05) is 48.5 Å². The van der Waals surface area contributed by atoms with Gasteiger partial charge < -0.3 is 15.4 Å². The van der Waals surface area contributed by atoms with Crippen LogP contribution in [0.15, 0.2) is 54.6 Å². The zero-order valence-electron chi connectivity index (χ0n) is 12.3. The molecule has 0 unspecified atom stereocenters. The molecule has 22 heavy (non-hydrogen) atoms. The monoisotopic (exact) mass is 298 g/mol. The molecular formula is C17H18N2O3. The van der Waals surface area contributed by atoms with E-state index >= 15 is 0 Å². The molecule has 0 heterocycles. The molecule has 0 aliphatic heterocycles. The van der Waals surface area contributed by atoms with Gasteiger partial charge in [0.2, 0.25) is 5.91 Å². The normalized spacial score (nSPS) is 9.86. The van der Waals surface area contributed by atoms with Gasteiger partial charge in [0.1, 0.15) is 6.42 Å². The predicted octanol–water partition coefficient (Wildman–Crippen LogP) is 3.32. The van der Waals surface area contributed by atoms with E-state index in [4.69, 9.17) is 4.74 Å². The van der Waals surface area contributed by atoms with Crippen molar-refractivity contribution in [1.29, 1.82) is 0 Å². The Hall–Kier alpha value is -2.82. The van der Waals surface area contributed by atoms with Gasteiger partial charge in [-0.1, -0.05) is 30.3 Å². The van der Waals surface area contributed by atoms with Crippen molar-refractivity contribution in [2.24, 2.45) is 0 Å². The van der Waals surface area contributed by atoms with Gasteiger partial charge in [0.05, 0.1) is 18.0 Å². The van der Waals surface area contributed by atoms with Crippen molar-refractivity contribution in [3.63, 3.8) is 0 Å². The Bertz CT molecular complexity index is 641. The minimum atomic E-state index is -0.534. The van der Waals surface area contributed by atoms with Gasteiger partial charge in [-0.15, -0.1) is 0 Å². The van der Waals surface area contributed by atoms with E-state index in [0.29, 0.717) is 5.69 Å². The first kappa shape index (κ1) is 15.6. The third-order valence-electron chi connectivity index (χ3n) is 2.86. The minimum Gasteiger partial charge on any atom is -0.466 e. The molecule has 5 heteroatoms. The van der Waals surface area contributed by atoms with Gasteiger partial charge >= 0.3 is 5.97 Å². The fraction of sp³-hybridized carbons (Fsp3) is 0.176. The minimum absolute atomic E-state index is 0.262. The highest BCUT2D eigenvalue weighted by molar-refractivity contribution is 6.03. The van der Waals surface area contributed by atoms with Gasteiger partial charge in [0, 0.05) is 5.69 Å². The van der Waals surface area contributed by atoms with E-state index in [1.54, 1.807) is 13.0 Å². The van der Waals surface area contributed by atoms with Crippen molar-refractivity contribution in [2.75, 3.05) is 17.2 Å². The molecular weight excluding hydrogens is 280 g/mol. The number of carbonyl (C=O) groups excluding carboxylic acids is 2. The Morgan fingerprint density at radius 3 is 2.27 bits per heavy atom. The Morgan fingerprint density at radius 2 is 1.59 bits per heavy atom. The summed E-state index contributed by atoms with van der Waals surface area (Å²) < 4.78 is 4.76. The van der Waals surface area contributed by atoms with Crippen LogP contribution in [-0.2, 0) is 14.3 Å². The molecule has 114 valence electrons. The number of amides is 1. The van der Waals surface area contributed by atoms with Crippen molar-refractivity contribution in [2.45, 2.75) is 13.3 Å². The van der Waals surface area contributed by atoms with E-state index in [0.717, 1.165) is 11.4 Å². The number of carbonyl (C=O) groups is 2. The summed E-state index contributed by atoms with van der Waals surface area (Å²) >= 11 is 0. The van der Waals surface area contributed by atoms with Crippen molar-refractivity contribution >= 4 is 28.9 Å². The Kier molecular flexibility index (Phi) is 5.54. The predicted molar refractivity (Wildman–Crippen MR) is 86.0 cm³/mol.